The van der Waals surface area contributed by atoms with Gasteiger partial charge in [0.1, 0.15) is 0 Å². The monoisotopic (exact) mass is 250 g/mol. The van der Waals surface area contributed by atoms with Crippen LogP contribution in [-0.2, 0) is 25.9 Å². The molecule has 0 unspecified atom stereocenters. The van der Waals surface area contributed by atoms with Gasteiger partial charge in [0.05, 0.1) is 0 Å². The molecule has 8 nitrogen and oxygen atoms in total. The lowest BCUT2D eigenvalue weighted by Gasteiger charge is -2.02. The highest BCUT2D eigenvalue weighted by atomic mass is 16.2. The number of imidazole rings is 1. The number of aryl methyl sites for hydroxylation is 2. The van der Waals surface area contributed by atoms with E-state index in [1.807, 2.05) is 0 Å². The van der Waals surface area contributed by atoms with Gasteiger partial charge in [0, 0.05) is 21.1 Å². The average Bonchev–Trinajstić information content (AvgIpc) is 2.71. The molecule has 0 saturated heterocycles. The van der Waals surface area contributed by atoms with Crippen LogP contribution in [0.1, 0.15) is 10.6 Å². The number of rotatable bonds is 2. The van der Waals surface area contributed by atoms with E-state index in [0.717, 1.165) is 9.13 Å². The van der Waals surface area contributed by atoms with E-state index in [2.05, 4.69) is 4.98 Å². The molecule has 2 heterocycles. The van der Waals surface area contributed by atoms with E-state index >= 15 is 0 Å². The zero-order valence-corrected chi connectivity index (χ0v) is 10.00. The van der Waals surface area contributed by atoms with E-state index in [0.29, 0.717) is 0 Å². The number of nitrogens with zero attached hydrogens (tertiary/aromatic N) is 4. The molecule has 2 rings (SSSR count). The molecule has 0 atom stereocenters. The lowest BCUT2D eigenvalue weighted by Crippen LogP contribution is -2.37. The molecule has 0 amide bonds. The van der Waals surface area contributed by atoms with Gasteiger partial charge in [0.15, 0.2) is 23.3 Å². The van der Waals surface area contributed by atoms with E-state index in [-0.39, 0.29) is 23.3 Å². The molecule has 0 aliphatic heterocycles. The number of ketones is 1. The first-order chi connectivity index (χ1) is 8.40. The normalized spacial score (nSPS) is 10.8. The van der Waals surface area contributed by atoms with Crippen molar-refractivity contribution in [2.45, 2.75) is 0 Å². The maximum atomic E-state index is 11.9. The quantitative estimate of drug-likeness (QED) is 0.361. The minimum atomic E-state index is -0.844. The SMILES string of the molecule is Cn1c(=O)c2c(nc(C(=O)C=O)n2C)n(C)c1=O. The highest BCUT2D eigenvalue weighted by Gasteiger charge is 2.20. The lowest BCUT2D eigenvalue weighted by molar-refractivity contribution is -0.104. The second kappa shape index (κ2) is 3.76. The van der Waals surface area contributed by atoms with Gasteiger partial charge in [-0.3, -0.25) is 23.5 Å². The van der Waals surface area contributed by atoms with Crippen LogP contribution in [0.25, 0.3) is 11.2 Å². The number of carbonyl (C=O) groups excluding carboxylic acids is 2. The van der Waals surface area contributed by atoms with E-state index < -0.39 is 17.0 Å². The van der Waals surface area contributed by atoms with Crippen LogP contribution in [-0.4, -0.2) is 30.8 Å². The Morgan fingerprint density at radius 2 is 1.72 bits per heavy atom. The summed E-state index contributed by atoms with van der Waals surface area (Å²) in [5, 5.41) is 0. The van der Waals surface area contributed by atoms with E-state index in [4.69, 9.17) is 0 Å². The molecule has 2 aromatic heterocycles. The largest absolute Gasteiger partial charge is 0.332 e. The Morgan fingerprint density at radius 1 is 1.11 bits per heavy atom. The third-order valence-corrected chi connectivity index (χ3v) is 2.80. The molecule has 0 saturated carbocycles. The summed E-state index contributed by atoms with van der Waals surface area (Å²) in [6.45, 7) is 0. The van der Waals surface area contributed by atoms with Crippen molar-refractivity contribution in [2.75, 3.05) is 0 Å². The number of Topliss-reactive ketones (excluding diaryl/α,β-unsaturated/α-hetero) is 1. The summed E-state index contributed by atoms with van der Waals surface area (Å²) in [4.78, 5) is 49.3. The fourth-order valence-electron chi connectivity index (χ4n) is 1.79. The van der Waals surface area contributed by atoms with Crippen LogP contribution in [0.4, 0.5) is 0 Å². The molecule has 8 heteroatoms. The number of fused-ring (bicyclic) bond motifs is 1. The summed E-state index contributed by atoms with van der Waals surface area (Å²) < 4.78 is 3.28. The van der Waals surface area contributed by atoms with Gasteiger partial charge in [-0.1, -0.05) is 0 Å². The predicted molar refractivity (Wildman–Crippen MR) is 61.6 cm³/mol. The Hall–Kier alpha value is -2.51. The Morgan fingerprint density at radius 3 is 2.28 bits per heavy atom. The fraction of sp³-hybridized carbons (Fsp3) is 0.300. The number of hydrogen-bond acceptors (Lipinski definition) is 5. The number of carbonyl (C=O) groups is 2. The van der Waals surface area contributed by atoms with E-state index in [9.17, 15) is 19.2 Å². The second-order valence-electron chi connectivity index (χ2n) is 3.85. The fourth-order valence-corrected chi connectivity index (χ4v) is 1.79. The Bertz CT molecular complexity index is 793. The van der Waals surface area contributed by atoms with Gasteiger partial charge in [0.25, 0.3) is 11.3 Å². The van der Waals surface area contributed by atoms with Crippen molar-refractivity contribution in [2.24, 2.45) is 21.1 Å². The highest BCUT2D eigenvalue weighted by molar-refractivity contribution is 6.32. The van der Waals surface area contributed by atoms with Gasteiger partial charge in [-0.2, -0.15) is 0 Å². The molecular formula is C10H10N4O4. The molecule has 2 aromatic rings. The average molecular weight is 250 g/mol. The summed E-state index contributed by atoms with van der Waals surface area (Å²) in [7, 11) is 4.21. The standard InChI is InChI=1S/C10H10N4O4/c1-12-6-8(11-7(12)5(16)4-15)13(2)10(18)14(3)9(6)17/h4H,1-3H3. The number of hydrogen-bond donors (Lipinski definition) is 0. The molecule has 0 radical (unpaired) electrons. The second-order valence-corrected chi connectivity index (χ2v) is 3.85. The minimum Gasteiger partial charge on any atom is -0.318 e. The maximum Gasteiger partial charge on any atom is 0.332 e. The number of aldehydes is 1. The van der Waals surface area contributed by atoms with Gasteiger partial charge in [-0.15, -0.1) is 0 Å². The topological polar surface area (TPSA) is 96.0 Å². The van der Waals surface area contributed by atoms with Gasteiger partial charge >= 0.3 is 5.69 Å². The van der Waals surface area contributed by atoms with E-state index in [1.165, 1.54) is 25.7 Å². The van der Waals surface area contributed by atoms with Gasteiger partial charge in [-0.25, -0.2) is 9.78 Å². The van der Waals surface area contributed by atoms with Crippen molar-refractivity contribution >= 4 is 23.2 Å². The van der Waals surface area contributed by atoms with Gasteiger partial charge in [-0.05, 0) is 0 Å². The van der Waals surface area contributed by atoms with Crippen molar-refractivity contribution in [3.05, 3.63) is 26.7 Å². The van der Waals surface area contributed by atoms with Crippen LogP contribution in [0.3, 0.4) is 0 Å². The van der Waals surface area contributed by atoms with Gasteiger partial charge in [0.2, 0.25) is 0 Å². The predicted octanol–water partition coefficient (Wildman–Crippen LogP) is -1.65. The smallest absolute Gasteiger partial charge is 0.318 e. The molecule has 0 fully saturated rings. The molecule has 94 valence electrons. The zero-order valence-electron chi connectivity index (χ0n) is 10.00. The molecule has 0 aromatic carbocycles. The Kier molecular flexibility index (Phi) is 2.50. The Balaban J connectivity index is 3.07. The van der Waals surface area contributed by atoms with Crippen LogP contribution in [0.5, 0.6) is 0 Å². The van der Waals surface area contributed by atoms with Crippen LogP contribution in [0, 0.1) is 0 Å². The zero-order chi connectivity index (χ0) is 13.6. The molecule has 0 N–H and O–H groups in total. The summed E-state index contributed by atoms with van der Waals surface area (Å²) in [5.74, 6) is -1.01. The minimum absolute atomic E-state index is 0.0794. The summed E-state index contributed by atoms with van der Waals surface area (Å²) >= 11 is 0. The summed E-state index contributed by atoms with van der Waals surface area (Å²) in [6.07, 6.45) is 0.115. The van der Waals surface area contributed by atoms with Crippen LogP contribution < -0.4 is 11.2 Å². The van der Waals surface area contributed by atoms with Crippen LogP contribution in [0.2, 0.25) is 0 Å². The molecule has 0 aliphatic rings. The van der Waals surface area contributed by atoms with Crippen LogP contribution >= 0.6 is 0 Å². The molecule has 18 heavy (non-hydrogen) atoms. The molecule has 0 aliphatic carbocycles. The molecule has 0 bridgehead atoms. The lowest BCUT2D eigenvalue weighted by atomic mass is 10.4. The van der Waals surface area contributed by atoms with Crippen LogP contribution in [0.15, 0.2) is 9.59 Å². The maximum absolute atomic E-state index is 11.9. The first-order valence-electron chi connectivity index (χ1n) is 5.02. The summed E-state index contributed by atoms with van der Waals surface area (Å²) in [5.41, 5.74) is -0.927. The third-order valence-electron chi connectivity index (χ3n) is 2.80. The van der Waals surface area contributed by atoms with Crippen molar-refractivity contribution in [1.29, 1.82) is 0 Å². The first-order valence-corrected chi connectivity index (χ1v) is 5.02. The first kappa shape index (κ1) is 12.0. The highest BCUT2D eigenvalue weighted by Crippen LogP contribution is 2.08. The Labute approximate surface area is 100 Å². The molecule has 0 spiro atoms. The third kappa shape index (κ3) is 1.35. The van der Waals surface area contributed by atoms with Gasteiger partial charge < -0.3 is 4.57 Å². The van der Waals surface area contributed by atoms with Crippen molar-refractivity contribution in [1.82, 2.24) is 18.7 Å². The van der Waals surface area contributed by atoms with Crippen molar-refractivity contribution in [3.8, 4) is 0 Å². The summed E-state index contributed by atoms with van der Waals surface area (Å²) in [6, 6.07) is 0. The van der Waals surface area contributed by atoms with Crippen molar-refractivity contribution in [3.63, 3.8) is 0 Å². The van der Waals surface area contributed by atoms with Crippen molar-refractivity contribution < 1.29 is 9.59 Å². The van der Waals surface area contributed by atoms with E-state index in [1.54, 1.807) is 0 Å². The molecular weight excluding hydrogens is 240 g/mol. The number of aromatic nitrogens is 4.